The zero-order valence-electron chi connectivity index (χ0n) is 18.1. The second-order valence-electron chi connectivity index (χ2n) is 7.43. The van der Waals surface area contributed by atoms with E-state index in [-0.39, 0.29) is 11.8 Å². The molecule has 1 aliphatic rings. The fourth-order valence-corrected chi connectivity index (χ4v) is 3.26. The van der Waals surface area contributed by atoms with Crippen molar-refractivity contribution in [2.45, 2.75) is 32.6 Å². The zero-order valence-corrected chi connectivity index (χ0v) is 18.1. The predicted octanol–water partition coefficient (Wildman–Crippen LogP) is 5.83. The summed E-state index contributed by atoms with van der Waals surface area (Å²) in [6.07, 6.45) is 5.77. The fraction of sp³-hybridized carbons (Fsp3) is 0.333. The van der Waals surface area contributed by atoms with Crippen molar-refractivity contribution in [3.05, 3.63) is 54.5 Å². The number of rotatable bonds is 10. The number of hydrogen-bond acceptors (Lipinski definition) is 7. The molecule has 0 aliphatic carbocycles. The lowest BCUT2D eigenvalue weighted by atomic mass is 10.2. The molecule has 168 valence electrons. The summed E-state index contributed by atoms with van der Waals surface area (Å²) in [6.45, 7) is 3.91. The summed E-state index contributed by atoms with van der Waals surface area (Å²) in [5.41, 5.74) is 1.42. The summed E-state index contributed by atoms with van der Waals surface area (Å²) in [7, 11) is 0. The first kappa shape index (κ1) is 21.7. The lowest BCUT2D eigenvalue weighted by Crippen LogP contribution is -2.15. The van der Waals surface area contributed by atoms with E-state index in [9.17, 15) is 4.39 Å². The SMILES string of the molecule is CCCCCCOc1ccc(Nc2nc(Nc3ccc4c(c3)OCCO4)ncc2F)cc1. The number of hydrogen-bond donors (Lipinski definition) is 2. The highest BCUT2D eigenvalue weighted by Crippen LogP contribution is 2.33. The van der Waals surface area contributed by atoms with Crippen molar-refractivity contribution in [2.24, 2.45) is 0 Å². The molecule has 4 rings (SSSR count). The van der Waals surface area contributed by atoms with Gasteiger partial charge in [0.1, 0.15) is 19.0 Å². The maximum atomic E-state index is 14.3. The number of nitrogens with zero attached hydrogens (tertiary/aromatic N) is 2. The quantitative estimate of drug-likeness (QED) is 0.385. The second-order valence-corrected chi connectivity index (χ2v) is 7.43. The molecule has 32 heavy (non-hydrogen) atoms. The van der Waals surface area contributed by atoms with E-state index >= 15 is 0 Å². The fourth-order valence-electron chi connectivity index (χ4n) is 3.26. The van der Waals surface area contributed by atoms with Gasteiger partial charge in [0.2, 0.25) is 5.95 Å². The van der Waals surface area contributed by atoms with Gasteiger partial charge in [-0.25, -0.2) is 9.37 Å². The standard InChI is InChI=1S/C24H27FN4O3/c1-2-3-4-5-12-30-19-9-6-17(7-10-19)27-23-20(25)16-26-24(29-23)28-18-8-11-21-22(15-18)32-14-13-31-21/h6-11,15-16H,2-5,12-14H2,1H3,(H2,26,27,28,29). The van der Waals surface area contributed by atoms with Gasteiger partial charge in [-0.05, 0) is 42.8 Å². The minimum absolute atomic E-state index is 0.0771. The third-order valence-corrected chi connectivity index (χ3v) is 4.93. The van der Waals surface area contributed by atoms with Crippen molar-refractivity contribution in [1.29, 1.82) is 0 Å². The third-order valence-electron chi connectivity index (χ3n) is 4.93. The number of aromatic nitrogens is 2. The molecular weight excluding hydrogens is 411 g/mol. The Labute approximate surface area is 187 Å². The molecule has 1 aromatic heterocycles. The molecule has 0 saturated heterocycles. The van der Waals surface area contributed by atoms with E-state index in [1.165, 1.54) is 19.3 Å². The maximum Gasteiger partial charge on any atom is 0.229 e. The molecule has 0 spiro atoms. The average molecular weight is 439 g/mol. The van der Waals surface area contributed by atoms with E-state index in [1.54, 1.807) is 6.07 Å². The van der Waals surface area contributed by atoms with Crippen LogP contribution in [-0.4, -0.2) is 29.8 Å². The van der Waals surface area contributed by atoms with Crippen molar-refractivity contribution in [3.63, 3.8) is 0 Å². The van der Waals surface area contributed by atoms with Gasteiger partial charge in [-0.15, -0.1) is 0 Å². The number of unbranched alkanes of at least 4 members (excludes halogenated alkanes) is 3. The van der Waals surface area contributed by atoms with Crippen molar-refractivity contribution in [3.8, 4) is 17.2 Å². The smallest absolute Gasteiger partial charge is 0.229 e. The van der Waals surface area contributed by atoms with Crippen LogP contribution in [-0.2, 0) is 0 Å². The number of nitrogens with one attached hydrogen (secondary N) is 2. The van der Waals surface area contributed by atoms with Gasteiger partial charge in [0.05, 0.1) is 12.8 Å². The van der Waals surface area contributed by atoms with Crippen LogP contribution in [0.15, 0.2) is 48.7 Å². The molecule has 8 heteroatoms. The topological polar surface area (TPSA) is 77.5 Å². The Bertz CT molecular complexity index is 1030. The van der Waals surface area contributed by atoms with E-state index in [0.717, 1.165) is 18.4 Å². The van der Waals surface area contributed by atoms with Crippen molar-refractivity contribution < 1.29 is 18.6 Å². The van der Waals surface area contributed by atoms with Crippen LogP contribution in [0.1, 0.15) is 32.6 Å². The summed E-state index contributed by atoms with van der Waals surface area (Å²) < 4.78 is 31.1. The molecule has 0 radical (unpaired) electrons. The molecule has 3 aromatic rings. The summed E-state index contributed by atoms with van der Waals surface area (Å²) in [5, 5.41) is 6.06. The third kappa shape index (κ3) is 5.78. The minimum atomic E-state index is -0.547. The molecule has 2 heterocycles. The summed E-state index contributed by atoms with van der Waals surface area (Å²) in [5.74, 6) is 1.92. The van der Waals surface area contributed by atoms with Gasteiger partial charge in [-0.3, -0.25) is 0 Å². The number of ether oxygens (including phenoxy) is 3. The molecule has 2 N–H and O–H groups in total. The molecule has 2 aromatic carbocycles. The first-order valence-electron chi connectivity index (χ1n) is 10.9. The number of fused-ring (bicyclic) bond motifs is 1. The highest BCUT2D eigenvalue weighted by molar-refractivity contribution is 5.63. The van der Waals surface area contributed by atoms with E-state index in [2.05, 4.69) is 27.5 Å². The lowest BCUT2D eigenvalue weighted by Gasteiger charge is -2.19. The normalized spacial score (nSPS) is 12.3. The molecule has 0 bridgehead atoms. The lowest BCUT2D eigenvalue weighted by molar-refractivity contribution is 0.171. The van der Waals surface area contributed by atoms with Gasteiger partial charge >= 0.3 is 0 Å². The highest BCUT2D eigenvalue weighted by Gasteiger charge is 2.13. The van der Waals surface area contributed by atoms with Crippen LogP contribution in [0.25, 0.3) is 0 Å². The van der Waals surface area contributed by atoms with Crippen molar-refractivity contribution in [2.75, 3.05) is 30.5 Å². The molecule has 0 saturated carbocycles. The van der Waals surface area contributed by atoms with Gasteiger partial charge < -0.3 is 24.8 Å². The number of anilines is 4. The van der Waals surface area contributed by atoms with Gasteiger partial charge in [0, 0.05) is 17.4 Å². The summed E-state index contributed by atoms with van der Waals surface area (Å²) >= 11 is 0. The van der Waals surface area contributed by atoms with Crippen LogP contribution in [0, 0.1) is 5.82 Å². The van der Waals surface area contributed by atoms with Crippen LogP contribution in [0.3, 0.4) is 0 Å². The Kier molecular flexibility index (Phi) is 7.22. The molecule has 0 fully saturated rings. The first-order chi connectivity index (χ1) is 15.7. The second kappa shape index (κ2) is 10.7. The Morgan fingerprint density at radius 1 is 0.938 bits per heavy atom. The van der Waals surface area contributed by atoms with Gasteiger partial charge in [0.15, 0.2) is 23.1 Å². The van der Waals surface area contributed by atoms with Crippen LogP contribution < -0.4 is 24.8 Å². The number of halogens is 1. The van der Waals surface area contributed by atoms with Gasteiger partial charge in [-0.2, -0.15) is 4.98 Å². The largest absolute Gasteiger partial charge is 0.494 e. The Morgan fingerprint density at radius 3 is 2.53 bits per heavy atom. The van der Waals surface area contributed by atoms with Gasteiger partial charge in [-0.1, -0.05) is 26.2 Å². The first-order valence-corrected chi connectivity index (χ1v) is 10.9. The van der Waals surface area contributed by atoms with E-state index in [1.807, 2.05) is 36.4 Å². The van der Waals surface area contributed by atoms with Gasteiger partial charge in [0.25, 0.3) is 0 Å². The highest BCUT2D eigenvalue weighted by atomic mass is 19.1. The van der Waals surface area contributed by atoms with Crippen LogP contribution >= 0.6 is 0 Å². The van der Waals surface area contributed by atoms with Crippen molar-refractivity contribution in [1.82, 2.24) is 9.97 Å². The molecular formula is C24H27FN4O3. The van der Waals surface area contributed by atoms with Crippen LogP contribution in [0.4, 0.5) is 27.5 Å². The van der Waals surface area contributed by atoms with Crippen LogP contribution in [0.2, 0.25) is 0 Å². The molecule has 1 aliphatic heterocycles. The summed E-state index contributed by atoms with van der Waals surface area (Å²) in [6, 6.07) is 12.8. The van der Waals surface area contributed by atoms with E-state index < -0.39 is 5.82 Å². The van der Waals surface area contributed by atoms with E-state index in [0.29, 0.717) is 42.7 Å². The predicted molar refractivity (Wildman–Crippen MR) is 122 cm³/mol. The zero-order chi connectivity index (χ0) is 22.2. The van der Waals surface area contributed by atoms with Crippen molar-refractivity contribution >= 4 is 23.1 Å². The number of benzene rings is 2. The monoisotopic (exact) mass is 438 g/mol. The average Bonchev–Trinajstić information content (AvgIpc) is 2.82. The maximum absolute atomic E-state index is 14.3. The molecule has 0 atom stereocenters. The molecule has 7 nitrogen and oxygen atoms in total. The minimum Gasteiger partial charge on any atom is -0.494 e. The molecule has 0 unspecified atom stereocenters. The molecule has 0 amide bonds. The van der Waals surface area contributed by atoms with Crippen LogP contribution in [0.5, 0.6) is 17.2 Å². The Morgan fingerprint density at radius 2 is 1.72 bits per heavy atom. The Balaban J connectivity index is 1.37. The Hall–Kier alpha value is -3.55. The summed E-state index contributed by atoms with van der Waals surface area (Å²) in [4.78, 5) is 8.29. The van der Waals surface area contributed by atoms with E-state index in [4.69, 9.17) is 14.2 Å².